The quantitative estimate of drug-likeness (QED) is 0.483. The second kappa shape index (κ2) is 8.27. The Morgan fingerprint density at radius 2 is 2.08 bits per heavy atom. The monoisotopic (exact) mass is 387 g/mol. The minimum atomic E-state index is 0.303. The molecule has 0 N–H and O–H groups in total. The molecule has 26 heavy (non-hydrogen) atoms. The van der Waals surface area contributed by atoms with Gasteiger partial charge in [0.15, 0.2) is 11.0 Å². The fourth-order valence-electron chi connectivity index (χ4n) is 3.04. The van der Waals surface area contributed by atoms with Crippen LogP contribution in [-0.4, -0.2) is 21.9 Å². The maximum absolute atomic E-state index is 5.32. The summed E-state index contributed by atoms with van der Waals surface area (Å²) in [6.45, 7) is 8.76. The van der Waals surface area contributed by atoms with E-state index in [1.165, 1.54) is 21.6 Å². The van der Waals surface area contributed by atoms with E-state index in [2.05, 4.69) is 60.0 Å². The molecule has 0 amide bonds. The molecule has 0 aliphatic carbocycles. The smallest absolute Gasteiger partial charge is 0.192 e. The number of rotatable bonds is 7. The molecule has 0 radical (unpaired) electrons. The Morgan fingerprint density at radius 3 is 2.77 bits per heavy atom. The summed E-state index contributed by atoms with van der Waals surface area (Å²) >= 11 is 3.51. The van der Waals surface area contributed by atoms with Crippen molar-refractivity contribution in [3.05, 3.63) is 45.6 Å². The van der Waals surface area contributed by atoms with Gasteiger partial charge in [-0.3, -0.25) is 4.57 Å². The minimum Gasteiger partial charge on any atom is -0.497 e. The second-order valence-corrected chi connectivity index (χ2v) is 8.47. The van der Waals surface area contributed by atoms with E-state index in [9.17, 15) is 0 Å². The lowest BCUT2D eigenvalue weighted by Gasteiger charge is -2.14. The highest BCUT2D eigenvalue weighted by molar-refractivity contribution is 7.98. The molecule has 0 aliphatic heterocycles. The van der Waals surface area contributed by atoms with Crippen molar-refractivity contribution in [3.8, 4) is 17.1 Å². The van der Waals surface area contributed by atoms with Crippen molar-refractivity contribution in [3.63, 3.8) is 0 Å². The van der Waals surface area contributed by atoms with Gasteiger partial charge in [0.1, 0.15) is 5.75 Å². The fraction of sp³-hybridized carbons (Fsp3) is 0.400. The van der Waals surface area contributed by atoms with E-state index in [0.29, 0.717) is 6.04 Å². The summed E-state index contributed by atoms with van der Waals surface area (Å²) in [5.74, 6) is 2.70. The molecule has 0 aliphatic rings. The molecule has 3 aromatic rings. The van der Waals surface area contributed by atoms with E-state index in [-0.39, 0.29) is 0 Å². The number of hydrogen-bond acceptors (Lipinski definition) is 5. The van der Waals surface area contributed by atoms with Crippen LogP contribution in [0.2, 0.25) is 0 Å². The van der Waals surface area contributed by atoms with E-state index in [0.717, 1.165) is 28.9 Å². The Kier molecular flexibility index (Phi) is 6.04. The van der Waals surface area contributed by atoms with Crippen molar-refractivity contribution in [2.45, 2.75) is 51.1 Å². The number of aryl methyl sites for hydroxylation is 1. The van der Waals surface area contributed by atoms with Crippen molar-refractivity contribution in [2.24, 2.45) is 0 Å². The zero-order valence-electron chi connectivity index (χ0n) is 15.9. The zero-order chi connectivity index (χ0) is 18.7. The highest BCUT2D eigenvalue weighted by atomic mass is 32.2. The van der Waals surface area contributed by atoms with Crippen molar-refractivity contribution in [1.29, 1.82) is 0 Å². The predicted molar refractivity (Wildman–Crippen MR) is 110 cm³/mol. The second-order valence-electron chi connectivity index (χ2n) is 6.45. The number of aromatic nitrogens is 3. The van der Waals surface area contributed by atoms with Crippen LogP contribution in [0.15, 0.2) is 34.8 Å². The number of nitrogens with zero attached hydrogens (tertiary/aromatic N) is 3. The molecule has 0 bridgehead atoms. The van der Waals surface area contributed by atoms with Gasteiger partial charge in [-0.05, 0) is 50.5 Å². The molecular weight excluding hydrogens is 362 g/mol. The van der Waals surface area contributed by atoms with Gasteiger partial charge in [-0.25, -0.2) is 0 Å². The van der Waals surface area contributed by atoms with Crippen LogP contribution in [0, 0.1) is 6.92 Å². The number of benzene rings is 1. The lowest BCUT2D eigenvalue weighted by atomic mass is 10.1. The average Bonchev–Trinajstić information content (AvgIpc) is 3.22. The summed E-state index contributed by atoms with van der Waals surface area (Å²) in [7, 11) is 1.70. The highest BCUT2D eigenvalue weighted by Gasteiger charge is 2.20. The van der Waals surface area contributed by atoms with Gasteiger partial charge in [-0.1, -0.05) is 30.8 Å². The van der Waals surface area contributed by atoms with Gasteiger partial charge in [-0.15, -0.1) is 21.5 Å². The summed E-state index contributed by atoms with van der Waals surface area (Å²) < 4.78 is 7.57. The molecule has 0 atom stereocenters. The van der Waals surface area contributed by atoms with Gasteiger partial charge >= 0.3 is 0 Å². The Bertz CT molecular complexity index is 883. The van der Waals surface area contributed by atoms with Gasteiger partial charge in [0, 0.05) is 27.6 Å². The Hall–Kier alpha value is -1.79. The van der Waals surface area contributed by atoms with Crippen molar-refractivity contribution >= 4 is 23.1 Å². The largest absolute Gasteiger partial charge is 0.497 e. The van der Waals surface area contributed by atoms with Gasteiger partial charge in [0.2, 0.25) is 0 Å². The summed E-state index contributed by atoms with van der Waals surface area (Å²) in [4.78, 5) is 1.37. The van der Waals surface area contributed by atoms with Gasteiger partial charge < -0.3 is 4.74 Å². The molecule has 3 rings (SSSR count). The van der Waals surface area contributed by atoms with Gasteiger partial charge in [-0.2, -0.15) is 0 Å². The van der Waals surface area contributed by atoms with Crippen LogP contribution in [-0.2, 0) is 12.2 Å². The first-order chi connectivity index (χ1) is 12.5. The third-order valence-corrected chi connectivity index (χ3v) is 6.35. The lowest BCUT2D eigenvalue weighted by molar-refractivity contribution is 0.414. The van der Waals surface area contributed by atoms with Gasteiger partial charge in [0.05, 0.1) is 7.11 Å². The van der Waals surface area contributed by atoms with E-state index in [4.69, 9.17) is 4.74 Å². The molecule has 138 valence electrons. The van der Waals surface area contributed by atoms with E-state index < -0.39 is 0 Å². The van der Waals surface area contributed by atoms with Crippen molar-refractivity contribution in [1.82, 2.24) is 14.8 Å². The van der Waals surface area contributed by atoms with E-state index >= 15 is 0 Å². The number of ether oxygens (including phenoxy) is 1. The topological polar surface area (TPSA) is 39.9 Å². The molecule has 2 aromatic heterocycles. The van der Waals surface area contributed by atoms with Crippen LogP contribution in [0.3, 0.4) is 0 Å². The Labute approximate surface area is 163 Å². The van der Waals surface area contributed by atoms with E-state index in [1.807, 2.05) is 12.1 Å². The standard InChI is InChI=1S/C20H25N3OS2/c1-6-17-14(4)25-12-18(17)19-21-22-20(23(19)13(2)3)26-11-15-8-7-9-16(10-15)24-5/h7-10,12-13H,6,11H2,1-5H3. The Balaban J connectivity index is 1.90. The van der Waals surface area contributed by atoms with Crippen molar-refractivity contribution < 1.29 is 4.74 Å². The van der Waals surface area contributed by atoms with Crippen molar-refractivity contribution in [2.75, 3.05) is 7.11 Å². The minimum absolute atomic E-state index is 0.303. The molecule has 0 saturated carbocycles. The first kappa shape index (κ1) is 19.0. The molecule has 2 heterocycles. The molecule has 0 spiro atoms. The summed E-state index contributed by atoms with van der Waals surface area (Å²) in [6, 6.07) is 8.48. The molecule has 0 unspecified atom stereocenters. The molecule has 1 aromatic carbocycles. The highest BCUT2D eigenvalue weighted by Crippen LogP contribution is 2.35. The summed E-state index contributed by atoms with van der Waals surface area (Å²) in [5.41, 5.74) is 3.83. The number of methoxy groups -OCH3 is 1. The molecule has 0 fully saturated rings. The number of hydrogen-bond donors (Lipinski definition) is 0. The van der Waals surface area contributed by atoms with Gasteiger partial charge in [0.25, 0.3) is 0 Å². The molecule has 0 saturated heterocycles. The van der Waals surface area contributed by atoms with Crippen LogP contribution in [0.1, 0.15) is 42.8 Å². The maximum atomic E-state index is 5.32. The van der Waals surface area contributed by atoms with Crippen LogP contribution >= 0.6 is 23.1 Å². The maximum Gasteiger partial charge on any atom is 0.192 e. The fourth-order valence-corrected chi connectivity index (χ4v) is 4.99. The SMILES string of the molecule is CCc1c(-c2nnc(SCc3cccc(OC)c3)n2C(C)C)csc1C. The predicted octanol–water partition coefficient (Wildman–Crippen LogP) is 5.76. The molecule has 6 heteroatoms. The third-order valence-electron chi connectivity index (χ3n) is 4.38. The summed E-state index contributed by atoms with van der Waals surface area (Å²) in [5, 5.41) is 12.2. The summed E-state index contributed by atoms with van der Waals surface area (Å²) in [6.07, 6.45) is 1.02. The molecule has 4 nitrogen and oxygen atoms in total. The van der Waals surface area contributed by atoms with Crippen LogP contribution in [0.4, 0.5) is 0 Å². The zero-order valence-corrected chi connectivity index (χ0v) is 17.6. The lowest BCUT2D eigenvalue weighted by Crippen LogP contribution is -2.05. The number of thioether (sulfide) groups is 1. The Morgan fingerprint density at radius 1 is 1.27 bits per heavy atom. The van der Waals surface area contributed by atoms with Crippen LogP contribution in [0.25, 0.3) is 11.4 Å². The first-order valence-corrected chi connectivity index (χ1v) is 10.7. The van der Waals surface area contributed by atoms with E-state index in [1.54, 1.807) is 30.2 Å². The van der Waals surface area contributed by atoms with Crippen LogP contribution in [0.5, 0.6) is 5.75 Å². The first-order valence-electron chi connectivity index (χ1n) is 8.83. The molecular formula is C20H25N3OS2. The third kappa shape index (κ3) is 3.81. The van der Waals surface area contributed by atoms with Crippen LogP contribution < -0.4 is 4.74 Å². The normalized spacial score (nSPS) is 11.3. The average molecular weight is 388 g/mol. The number of thiophene rings is 1.